The molecule has 1 N–H and O–H groups in total. The number of carbonyl (C=O) groups is 2. The molecule has 14 heteroatoms. The molecule has 2 saturated heterocycles. The minimum Gasteiger partial charge on any atom is -0.496 e. The standard InChI is InChI=1S/C28H32Cl2F3N3O5S/c1-4-42(39,40)36-11-9-16(10-12-36)27(38)35-14-19(17-5-7-21(29)22(30)13-17)20(15-35)24-18(26(37)34-2)6-8-23(41-3)25(24)28(31,32)33/h5-8,13,16,19-20H,4,9-12,14-15H2,1-3H3,(H,34,37). The molecule has 0 bridgehead atoms. The van der Waals surface area contributed by atoms with Crippen LogP contribution in [-0.2, 0) is 21.0 Å². The highest BCUT2D eigenvalue weighted by molar-refractivity contribution is 7.89. The molecule has 2 heterocycles. The molecule has 2 aromatic carbocycles. The van der Waals surface area contributed by atoms with Crippen molar-refractivity contribution in [1.29, 1.82) is 0 Å². The largest absolute Gasteiger partial charge is 0.496 e. The van der Waals surface area contributed by atoms with Gasteiger partial charge in [-0.1, -0.05) is 29.3 Å². The molecule has 2 aromatic rings. The quantitative estimate of drug-likeness (QED) is 0.448. The van der Waals surface area contributed by atoms with Crippen molar-refractivity contribution in [3.8, 4) is 5.75 Å². The second kappa shape index (κ2) is 12.6. The van der Waals surface area contributed by atoms with Gasteiger partial charge in [0, 0.05) is 56.5 Å². The van der Waals surface area contributed by atoms with Crippen molar-refractivity contribution in [2.45, 2.75) is 37.8 Å². The minimum absolute atomic E-state index is 0.0412. The summed E-state index contributed by atoms with van der Waals surface area (Å²) in [5.74, 6) is -3.57. The molecule has 0 radical (unpaired) electrons. The van der Waals surface area contributed by atoms with E-state index in [4.69, 9.17) is 27.9 Å². The molecule has 0 spiro atoms. The molecule has 230 valence electrons. The molecule has 2 aliphatic rings. The van der Waals surface area contributed by atoms with Gasteiger partial charge in [0.1, 0.15) is 11.3 Å². The fraction of sp³-hybridized carbons (Fsp3) is 0.500. The summed E-state index contributed by atoms with van der Waals surface area (Å²) in [5.41, 5.74) is -0.953. The van der Waals surface area contributed by atoms with Gasteiger partial charge in [-0.05, 0) is 55.2 Å². The highest BCUT2D eigenvalue weighted by Crippen LogP contribution is 2.49. The summed E-state index contributed by atoms with van der Waals surface area (Å²) in [5, 5.41) is 2.89. The molecule has 2 atom stereocenters. The molecule has 0 aromatic heterocycles. The topological polar surface area (TPSA) is 96.0 Å². The zero-order valence-electron chi connectivity index (χ0n) is 23.3. The lowest BCUT2D eigenvalue weighted by Gasteiger charge is -2.32. The van der Waals surface area contributed by atoms with Crippen molar-refractivity contribution in [3.05, 3.63) is 62.6 Å². The molecule has 0 saturated carbocycles. The molecular formula is C28H32Cl2F3N3O5S. The van der Waals surface area contributed by atoms with Gasteiger partial charge in [0.2, 0.25) is 15.9 Å². The summed E-state index contributed by atoms with van der Waals surface area (Å²) < 4.78 is 75.1. The van der Waals surface area contributed by atoms with Gasteiger partial charge in [-0.15, -0.1) is 0 Å². The van der Waals surface area contributed by atoms with E-state index in [0.29, 0.717) is 18.4 Å². The number of likely N-dealkylation sites (tertiary alicyclic amines) is 1. The van der Waals surface area contributed by atoms with Crippen molar-refractivity contribution in [2.75, 3.05) is 46.1 Å². The smallest absolute Gasteiger partial charge is 0.420 e. The van der Waals surface area contributed by atoms with Crippen LogP contribution in [0.2, 0.25) is 10.0 Å². The Morgan fingerprint density at radius 1 is 1.05 bits per heavy atom. The summed E-state index contributed by atoms with van der Waals surface area (Å²) in [6, 6.07) is 7.17. The first-order valence-corrected chi connectivity index (χ1v) is 15.8. The first-order chi connectivity index (χ1) is 19.7. The number of piperidine rings is 1. The Labute approximate surface area is 253 Å². The summed E-state index contributed by atoms with van der Waals surface area (Å²) in [6.07, 6.45) is -4.28. The zero-order chi connectivity index (χ0) is 31.0. The number of benzene rings is 2. The maximum Gasteiger partial charge on any atom is 0.420 e. The first kappa shape index (κ1) is 32.4. The summed E-state index contributed by atoms with van der Waals surface area (Å²) in [7, 11) is -0.945. The van der Waals surface area contributed by atoms with Crippen LogP contribution in [0.25, 0.3) is 0 Å². The number of nitrogens with zero attached hydrogens (tertiary/aromatic N) is 2. The second-order valence-corrected chi connectivity index (χ2v) is 13.5. The van der Waals surface area contributed by atoms with Crippen molar-refractivity contribution in [2.24, 2.45) is 5.92 Å². The summed E-state index contributed by atoms with van der Waals surface area (Å²) in [4.78, 5) is 28.2. The Hall–Kier alpha value is -2.54. The molecule has 2 amide bonds. The van der Waals surface area contributed by atoms with E-state index in [1.54, 1.807) is 25.1 Å². The highest BCUT2D eigenvalue weighted by Gasteiger charge is 2.47. The maximum atomic E-state index is 14.7. The van der Waals surface area contributed by atoms with E-state index in [9.17, 15) is 31.2 Å². The van der Waals surface area contributed by atoms with Crippen molar-refractivity contribution >= 4 is 45.0 Å². The third-order valence-electron chi connectivity index (χ3n) is 8.12. The Bertz CT molecular complexity index is 1460. The lowest BCUT2D eigenvalue weighted by Crippen LogP contribution is -2.44. The van der Waals surface area contributed by atoms with Gasteiger partial charge in [-0.25, -0.2) is 12.7 Å². The number of alkyl halides is 3. The van der Waals surface area contributed by atoms with E-state index in [1.807, 2.05) is 0 Å². The van der Waals surface area contributed by atoms with Crippen LogP contribution in [0.3, 0.4) is 0 Å². The molecule has 2 fully saturated rings. The highest BCUT2D eigenvalue weighted by atomic mass is 35.5. The summed E-state index contributed by atoms with van der Waals surface area (Å²) >= 11 is 12.4. The average molecular weight is 651 g/mol. The predicted molar refractivity (Wildman–Crippen MR) is 154 cm³/mol. The third-order valence-corrected chi connectivity index (χ3v) is 10.7. The molecule has 2 unspecified atom stereocenters. The number of halogens is 5. The summed E-state index contributed by atoms with van der Waals surface area (Å²) in [6.45, 7) is 1.90. The fourth-order valence-electron chi connectivity index (χ4n) is 5.96. The van der Waals surface area contributed by atoms with Crippen LogP contribution in [0.1, 0.15) is 58.6 Å². The van der Waals surface area contributed by atoms with Crippen molar-refractivity contribution in [3.63, 3.8) is 0 Å². The minimum atomic E-state index is -4.87. The molecule has 8 nitrogen and oxygen atoms in total. The number of sulfonamides is 1. The predicted octanol–water partition coefficient (Wildman–Crippen LogP) is 5.15. The Morgan fingerprint density at radius 2 is 1.69 bits per heavy atom. The number of hydrogen-bond donors (Lipinski definition) is 1. The van der Waals surface area contributed by atoms with Gasteiger partial charge in [0.05, 0.1) is 22.9 Å². The normalized spacial score (nSPS) is 20.5. The van der Waals surface area contributed by atoms with Gasteiger partial charge < -0.3 is 15.0 Å². The van der Waals surface area contributed by atoms with Gasteiger partial charge in [0.15, 0.2) is 0 Å². The van der Waals surface area contributed by atoms with Crippen LogP contribution < -0.4 is 10.1 Å². The van der Waals surface area contributed by atoms with Crippen LogP contribution in [0.4, 0.5) is 13.2 Å². The molecule has 4 rings (SSSR count). The van der Waals surface area contributed by atoms with Gasteiger partial charge in [0.25, 0.3) is 5.91 Å². The monoisotopic (exact) mass is 649 g/mol. The second-order valence-electron chi connectivity index (χ2n) is 10.4. The number of nitrogens with one attached hydrogen (secondary N) is 1. The van der Waals surface area contributed by atoms with Crippen molar-refractivity contribution < 1.29 is 35.9 Å². The van der Waals surface area contributed by atoms with E-state index in [1.165, 1.54) is 22.3 Å². The molecule has 0 aliphatic carbocycles. The van der Waals surface area contributed by atoms with E-state index < -0.39 is 51.2 Å². The van der Waals surface area contributed by atoms with E-state index in [-0.39, 0.29) is 59.0 Å². The van der Waals surface area contributed by atoms with Crippen molar-refractivity contribution in [1.82, 2.24) is 14.5 Å². The fourth-order valence-corrected chi connectivity index (χ4v) is 7.40. The number of methoxy groups -OCH3 is 1. The van der Waals surface area contributed by atoms with Crippen LogP contribution in [0.5, 0.6) is 5.75 Å². The number of amides is 2. The average Bonchev–Trinajstić information content (AvgIpc) is 3.41. The van der Waals surface area contributed by atoms with Crippen LogP contribution in [0.15, 0.2) is 30.3 Å². The zero-order valence-corrected chi connectivity index (χ0v) is 25.6. The van der Waals surface area contributed by atoms with Crippen LogP contribution >= 0.6 is 23.2 Å². The number of rotatable bonds is 7. The SMILES string of the molecule is CCS(=O)(=O)N1CCC(C(=O)N2CC(c3ccc(Cl)c(Cl)c3)C(c3c(C(=O)NC)ccc(OC)c3C(F)(F)F)C2)CC1. The molecule has 42 heavy (non-hydrogen) atoms. The van der Waals surface area contributed by atoms with E-state index >= 15 is 0 Å². The number of carbonyl (C=O) groups excluding carboxylic acids is 2. The Morgan fingerprint density at radius 3 is 2.24 bits per heavy atom. The number of hydrogen-bond acceptors (Lipinski definition) is 5. The lowest BCUT2D eigenvalue weighted by atomic mass is 9.79. The van der Waals surface area contributed by atoms with Crippen LogP contribution in [-0.4, -0.2) is 75.5 Å². The Kier molecular flexibility index (Phi) is 9.71. The van der Waals surface area contributed by atoms with Gasteiger partial charge in [-0.3, -0.25) is 9.59 Å². The van der Waals surface area contributed by atoms with Crippen LogP contribution in [0, 0.1) is 5.92 Å². The Balaban J connectivity index is 1.79. The van der Waals surface area contributed by atoms with Gasteiger partial charge in [-0.2, -0.15) is 13.2 Å². The third kappa shape index (κ3) is 6.36. The van der Waals surface area contributed by atoms with E-state index in [0.717, 1.165) is 13.2 Å². The van der Waals surface area contributed by atoms with Gasteiger partial charge >= 0.3 is 6.18 Å². The molecular weight excluding hydrogens is 618 g/mol. The molecule has 2 aliphatic heterocycles. The lowest BCUT2D eigenvalue weighted by molar-refractivity contribution is -0.139. The first-order valence-electron chi connectivity index (χ1n) is 13.4. The maximum absolute atomic E-state index is 14.7. The van der Waals surface area contributed by atoms with E-state index in [2.05, 4.69) is 5.32 Å². The number of ether oxygens (including phenoxy) is 1.